The summed E-state index contributed by atoms with van der Waals surface area (Å²) in [5.41, 5.74) is 2.92. The van der Waals surface area contributed by atoms with Crippen LogP contribution in [0.5, 0.6) is 5.75 Å². The van der Waals surface area contributed by atoms with E-state index in [0.717, 1.165) is 16.9 Å². The van der Waals surface area contributed by atoms with E-state index in [4.69, 9.17) is 4.74 Å². The van der Waals surface area contributed by atoms with E-state index in [1.54, 1.807) is 19.2 Å². The summed E-state index contributed by atoms with van der Waals surface area (Å²) in [7, 11) is 1.61. The van der Waals surface area contributed by atoms with Crippen molar-refractivity contribution < 1.29 is 13.9 Å². The zero-order valence-electron chi connectivity index (χ0n) is 11.5. The number of rotatable bonds is 3. The van der Waals surface area contributed by atoms with E-state index in [1.165, 1.54) is 18.2 Å². The van der Waals surface area contributed by atoms with Crippen LogP contribution in [-0.2, 0) is 0 Å². The zero-order chi connectivity index (χ0) is 14.9. The second-order valence-electron chi connectivity index (χ2n) is 4.60. The van der Waals surface area contributed by atoms with Gasteiger partial charge in [0, 0.05) is 14.7 Å². The molecule has 0 aliphatic rings. The van der Waals surface area contributed by atoms with Crippen LogP contribution in [0.2, 0.25) is 0 Å². The normalized spacial score (nSPS) is 10.4. The summed E-state index contributed by atoms with van der Waals surface area (Å²) >= 11 is 1.97. The maximum atomic E-state index is 13.1. The number of halogens is 2. The number of methoxy groups -OCH3 is 1. The summed E-state index contributed by atoms with van der Waals surface area (Å²) in [6.07, 6.45) is 0. The van der Waals surface area contributed by atoms with Crippen molar-refractivity contribution in [3.05, 3.63) is 62.0 Å². The van der Waals surface area contributed by atoms with Crippen LogP contribution in [0.3, 0.4) is 0 Å². The molecule has 0 spiro atoms. The van der Waals surface area contributed by atoms with Gasteiger partial charge in [-0.25, -0.2) is 4.39 Å². The van der Waals surface area contributed by atoms with E-state index in [0.29, 0.717) is 14.7 Å². The molecule has 104 valence electrons. The fourth-order valence-corrected chi connectivity index (χ4v) is 2.95. The fourth-order valence-electron chi connectivity index (χ4n) is 2.23. The monoisotopic (exact) mass is 384 g/mol. The Labute approximate surface area is 131 Å². The Bertz CT molecular complexity index is 657. The second-order valence-corrected chi connectivity index (χ2v) is 5.76. The van der Waals surface area contributed by atoms with Crippen LogP contribution in [0.1, 0.15) is 27.0 Å². The SMILES string of the molecule is COc1c(C)cc(C(=O)c2ccc(F)cc2I)cc1C. The molecular formula is C16H14FIO2. The summed E-state index contributed by atoms with van der Waals surface area (Å²) in [5, 5.41) is 0. The summed E-state index contributed by atoms with van der Waals surface area (Å²) < 4.78 is 19.0. The molecule has 0 aliphatic carbocycles. The van der Waals surface area contributed by atoms with Crippen molar-refractivity contribution in [3.8, 4) is 5.75 Å². The number of benzene rings is 2. The molecule has 0 saturated carbocycles. The Morgan fingerprint density at radius 1 is 1.15 bits per heavy atom. The topological polar surface area (TPSA) is 26.3 Å². The zero-order valence-corrected chi connectivity index (χ0v) is 13.6. The van der Waals surface area contributed by atoms with Crippen LogP contribution in [0.15, 0.2) is 30.3 Å². The third kappa shape index (κ3) is 2.85. The first-order valence-corrected chi connectivity index (χ1v) is 7.17. The number of ether oxygens (including phenoxy) is 1. The van der Waals surface area contributed by atoms with E-state index in [2.05, 4.69) is 0 Å². The number of ketones is 1. The Morgan fingerprint density at radius 3 is 2.25 bits per heavy atom. The number of hydrogen-bond donors (Lipinski definition) is 0. The molecular weight excluding hydrogens is 370 g/mol. The van der Waals surface area contributed by atoms with Crippen molar-refractivity contribution in [2.75, 3.05) is 7.11 Å². The Kier molecular flexibility index (Phi) is 4.42. The van der Waals surface area contributed by atoms with Crippen LogP contribution in [0.25, 0.3) is 0 Å². The summed E-state index contributed by atoms with van der Waals surface area (Å²) in [6.45, 7) is 3.80. The Balaban J connectivity index is 2.49. The van der Waals surface area contributed by atoms with Gasteiger partial charge < -0.3 is 4.74 Å². The molecule has 2 aromatic rings. The first-order chi connectivity index (χ1) is 9.43. The van der Waals surface area contributed by atoms with Gasteiger partial charge in [0.1, 0.15) is 11.6 Å². The van der Waals surface area contributed by atoms with Gasteiger partial charge in [-0.05, 0) is 77.9 Å². The minimum atomic E-state index is -0.340. The first kappa shape index (κ1) is 15.0. The van der Waals surface area contributed by atoms with Crippen LogP contribution >= 0.6 is 22.6 Å². The highest BCUT2D eigenvalue weighted by Gasteiger charge is 2.15. The van der Waals surface area contributed by atoms with E-state index >= 15 is 0 Å². The molecule has 0 bridgehead atoms. The molecule has 0 N–H and O–H groups in total. The summed E-state index contributed by atoms with van der Waals surface area (Å²) in [6, 6.07) is 7.78. The van der Waals surface area contributed by atoms with Crippen molar-refractivity contribution >= 4 is 28.4 Å². The molecule has 2 aromatic carbocycles. The van der Waals surface area contributed by atoms with Gasteiger partial charge in [-0.2, -0.15) is 0 Å². The molecule has 0 atom stereocenters. The van der Waals surface area contributed by atoms with E-state index < -0.39 is 0 Å². The standard InChI is InChI=1S/C16H14FIO2/c1-9-6-11(7-10(2)16(9)20-3)15(19)13-5-4-12(17)8-14(13)18/h4-8H,1-3H3. The molecule has 0 aromatic heterocycles. The van der Waals surface area contributed by atoms with Crippen molar-refractivity contribution in [3.63, 3.8) is 0 Å². The van der Waals surface area contributed by atoms with Gasteiger partial charge in [0.05, 0.1) is 7.11 Å². The molecule has 0 saturated heterocycles. The summed E-state index contributed by atoms with van der Waals surface area (Å²) in [5.74, 6) is 0.339. The first-order valence-electron chi connectivity index (χ1n) is 6.09. The Hall–Kier alpha value is -1.43. The van der Waals surface area contributed by atoms with E-state index in [-0.39, 0.29) is 11.6 Å². The average molecular weight is 384 g/mol. The predicted molar refractivity (Wildman–Crippen MR) is 85.0 cm³/mol. The van der Waals surface area contributed by atoms with Crippen LogP contribution in [0.4, 0.5) is 4.39 Å². The highest BCUT2D eigenvalue weighted by atomic mass is 127. The second kappa shape index (κ2) is 5.91. The Morgan fingerprint density at radius 2 is 1.75 bits per heavy atom. The van der Waals surface area contributed by atoms with E-state index in [1.807, 2.05) is 36.4 Å². The molecule has 0 heterocycles. The number of hydrogen-bond acceptors (Lipinski definition) is 2. The lowest BCUT2D eigenvalue weighted by Crippen LogP contribution is -2.06. The smallest absolute Gasteiger partial charge is 0.194 e. The molecule has 0 aliphatic heterocycles. The molecule has 4 heteroatoms. The molecule has 0 fully saturated rings. The fraction of sp³-hybridized carbons (Fsp3) is 0.188. The predicted octanol–water partition coefficient (Wildman–Crippen LogP) is 4.29. The van der Waals surface area contributed by atoms with Crippen molar-refractivity contribution in [1.82, 2.24) is 0 Å². The van der Waals surface area contributed by atoms with Crippen molar-refractivity contribution in [2.45, 2.75) is 13.8 Å². The highest BCUT2D eigenvalue weighted by Crippen LogP contribution is 2.26. The van der Waals surface area contributed by atoms with Gasteiger partial charge in [0.25, 0.3) is 0 Å². The van der Waals surface area contributed by atoms with Gasteiger partial charge in [0.2, 0.25) is 0 Å². The maximum absolute atomic E-state index is 13.1. The van der Waals surface area contributed by atoms with Gasteiger partial charge in [-0.3, -0.25) is 4.79 Å². The molecule has 20 heavy (non-hydrogen) atoms. The van der Waals surface area contributed by atoms with E-state index in [9.17, 15) is 9.18 Å². The van der Waals surface area contributed by atoms with Crippen LogP contribution in [-0.4, -0.2) is 12.9 Å². The molecule has 0 radical (unpaired) electrons. The number of carbonyl (C=O) groups is 1. The summed E-state index contributed by atoms with van der Waals surface area (Å²) in [4.78, 5) is 12.5. The lowest BCUT2D eigenvalue weighted by atomic mass is 9.98. The van der Waals surface area contributed by atoms with Crippen molar-refractivity contribution in [1.29, 1.82) is 0 Å². The minimum absolute atomic E-state index is 0.108. The average Bonchev–Trinajstić information content (AvgIpc) is 2.37. The maximum Gasteiger partial charge on any atom is 0.194 e. The van der Waals surface area contributed by atoms with Crippen molar-refractivity contribution in [2.24, 2.45) is 0 Å². The van der Waals surface area contributed by atoms with Gasteiger partial charge in [-0.15, -0.1) is 0 Å². The molecule has 0 amide bonds. The molecule has 2 rings (SSSR count). The lowest BCUT2D eigenvalue weighted by Gasteiger charge is -2.11. The lowest BCUT2D eigenvalue weighted by molar-refractivity contribution is 0.103. The molecule has 2 nitrogen and oxygen atoms in total. The van der Waals surface area contributed by atoms with Crippen LogP contribution in [0, 0.1) is 23.2 Å². The van der Waals surface area contributed by atoms with Gasteiger partial charge in [0.15, 0.2) is 5.78 Å². The number of carbonyl (C=O) groups excluding carboxylic acids is 1. The van der Waals surface area contributed by atoms with Gasteiger partial charge >= 0.3 is 0 Å². The third-order valence-electron chi connectivity index (χ3n) is 3.10. The highest BCUT2D eigenvalue weighted by molar-refractivity contribution is 14.1. The van der Waals surface area contributed by atoms with Crippen LogP contribution < -0.4 is 4.74 Å². The van der Waals surface area contributed by atoms with Gasteiger partial charge in [-0.1, -0.05) is 0 Å². The minimum Gasteiger partial charge on any atom is -0.496 e. The number of aryl methyl sites for hydroxylation is 2. The molecule has 0 unspecified atom stereocenters. The quantitative estimate of drug-likeness (QED) is 0.583. The largest absolute Gasteiger partial charge is 0.496 e. The third-order valence-corrected chi connectivity index (χ3v) is 3.99.